The van der Waals surface area contributed by atoms with Crippen LogP contribution in [-0.2, 0) is 17.8 Å². The molecule has 1 N–H and O–H groups in total. The summed E-state index contributed by atoms with van der Waals surface area (Å²) in [5, 5.41) is 7.37. The average molecular weight is 414 g/mol. The molecule has 1 amide bonds. The SMILES string of the molecule is O=C(CCc1ccc2c(c1)OCCCO2)NCc1nc(-c2ccc(Cl)cc2)no1. The van der Waals surface area contributed by atoms with E-state index in [1.807, 2.05) is 30.3 Å². The van der Waals surface area contributed by atoms with Crippen molar-refractivity contribution in [3.63, 3.8) is 0 Å². The van der Waals surface area contributed by atoms with Crippen molar-refractivity contribution in [3.8, 4) is 22.9 Å². The van der Waals surface area contributed by atoms with Gasteiger partial charge in [-0.05, 0) is 48.4 Å². The highest BCUT2D eigenvalue weighted by molar-refractivity contribution is 6.30. The lowest BCUT2D eigenvalue weighted by Gasteiger charge is -2.09. The minimum Gasteiger partial charge on any atom is -0.490 e. The summed E-state index contributed by atoms with van der Waals surface area (Å²) in [5.41, 5.74) is 1.82. The standard InChI is InChI=1S/C21H20ClN3O4/c22-16-6-4-15(5-7-16)21-24-20(29-25-21)13-23-19(26)9-3-14-2-8-17-18(12-14)28-11-1-10-27-17/h2,4-8,12H,1,3,9-11,13H2,(H,23,26). The second-order valence-corrected chi connectivity index (χ2v) is 7.06. The van der Waals surface area contributed by atoms with Crippen molar-refractivity contribution in [1.82, 2.24) is 15.5 Å². The Morgan fingerprint density at radius 3 is 2.69 bits per heavy atom. The normalized spacial score (nSPS) is 13.0. The van der Waals surface area contributed by atoms with Gasteiger partial charge in [-0.25, -0.2) is 0 Å². The molecule has 8 heteroatoms. The van der Waals surface area contributed by atoms with Crippen LogP contribution in [0.4, 0.5) is 0 Å². The number of carbonyl (C=O) groups excluding carboxylic acids is 1. The summed E-state index contributed by atoms with van der Waals surface area (Å²) < 4.78 is 16.5. The van der Waals surface area contributed by atoms with Crippen LogP contribution in [0, 0.1) is 0 Å². The Balaban J connectivity index is 1.27. The molecule has 0 spiro atoms. The summed E-state index contributed by atoms with van der Waals surface area (Å²) in [7, 11) is 0. The van der Waals surface area contributed by atoms with Gasteiger partial charge in [0.1, 0.15) is 0 Å². The third-order valence-corrected chi connectivity index (χ3v) is 4.71. The van der Waals surface area contributed by atoms with Crippen LogP contribution in [-0.4, -0.2) is 29.3 Å². The molecular formula is C21H20ClN3O4. The molecule has 4 rings (SSSR count). The Labute approximate surface area is 173 Å². The molecule has 0 atom stereocenters. The third kappa shape index (κ3) is 5.06. The molecule has 2 aromatic carbocycles. The van der Waals surface area contributed by atoms with Crippen LogP contribution < -0.4 is 14.8 Å². The van der Waals surface area contributed by atoms with E-state index in [1.54, 1.807) is 12.1 Å². The number of benzene rings is 2. The molecule has 1 aliphatic heterocycles. The average Bonchev–Trinajstić information content (AvgIpc) is 3.08. The summed E-state index contributed by atoms with van der Waals surface area (Å²) in [4.78, 5) is 16.5. The van der Waals surface area contributed by atoms with Crippen LogP contribution in [0.2, 0.25) is 5.02 Å². The smallest absolute Gasteiger partial charge is 0.246 e. The number of rotatable bonds is 6. The van der Waals surface area contributed by atoms with Gasteiger partial charge >= 0.3 is 0 Å². The summed E-state index contributed by atoms with van der Waals surface area (Å²) >= 11 is 5.88. The van der Waals surface area contributed by atoms with Crippen LogP contribution in [0.3, 0.4) is 0 Å². The quantitative estimate of drug-likeness (QED) is 0.661. The van der Waals surface area contributed by atoms with Gasteiger partial charge in [0.25, 0.3) is 0 Å². The summed E-state index contributed by atoms with van der Waals surface area (Å²) in [5.74, 6) is 2.20. The second kappa shape index (κ2) is 8.96. The first-order valence-corrected chi connectivity index (χ1v) is 9.79. The van der Waals surface area contributed by atoms with E-state index in [0.29, 0.717) is 42.8 Å². The van der Waals surface area contributed by atoms with Gasteiger partial charge in [-0.3, -0.25) is 4.79 Å². The number of carbonyl (C=O) groups is 1. The highest BCUT2D eigenvalue weighted by Crippen LogP contribution is 2.30. The molecule has 1 aromatic heterocycles. The second-order valence-electron chi connectivity index (χ2n) is 6.63. The molecule has 3 aromatic rings. The number of hydrogen-bond acceptors (Lipinski definition) is 6. The monoisotopic (exact) mass is 413 g/mol. The summed E-state index contributed by atoms with van der Waals surface area (Å²) in [6, 6.07) is 12.9. The van der Waals surface area contributed by atoms with Gasteiger partial charge in [-0.2, -0.15) is 4.98 Å². The highest BCUT2D eigenvalue weighted by atomic mass is 35.5. The van der Waals surface area contributed by atoms with Crippen molar-refractivity contribution < 1.29 is 18.8 Å². The van der Waals surface area contributed by atoms with E-state index in [4.69, 9.17) is 25.6 Å². The fourth-order valence-electron chi connectivity index (χ4n) is 2.93. The number of nitrogens with one attached hydrogen (secondary N) is 1. The van der Waals surface area contributed by atoms with Crippen LogP contribution >= 0.6 is 11.6 Å². The number of amides is 1. The highest BCUT2D eigenvalue weighted by Gasteiger charge is 2.13. The lowest BCUT2D eigenvalue weighted by atomic mass is 10.1. The molecule has 29 heavy (non-hydrogen) atoms. The van der Waals surface area contributed by atoms with E-state index in [9.17, 15) is 4.79 Å². The van der Waals surface area contributed by atoms with E-state index in [1.165, 1.54) is 0 Å². The minimum atomic E-state index is -0.0941. The largest absolute Gasteiger partial charge is 0.490 e. The maximum absolute atomic E-state index is 12.2. The van der Waals surface area contributed by atoms with Gasteiger partial charge in [0.15, 0.2) is 11.5 Å². The minimum absolute atomic E-state index is 0.0941. The van der Waals surface area contributed by atoms with Crippen LogP contribution in [0.5, 0.6) is 11.5 Å². The molecular weight excluding hydrogens is 394 g/mol. The van der Waals surface area contributed by atoms with Crippen molar-refractivity contribution in [2.45, 2.75) is 25.8 Å². The third-order valence-electron chi connectivity index (χ3n) is 4.46. The molecule has 1 aliphatic rings. The molecule has 2 heterocycles. The van der Waals surface area contributed by atoms with Crippen molar-refractivity contribution in [3.05, 3.63) is 58.9 Å². The zero-order valence-electron chi connectivity index (χ0n) is 15.7. The van der Waals surface area contributed by atoms with Gasteiger partial charge in [0.2, 0.25) is 17.6 Å². The fraction of sp³-hybridized carbons (Fsp3) is 0.286. The Bertz CT molecular complexity index is 988. The maximum Gasteiger partial charge on any atom is 0.246 e. The number of fused-ring (bicyclic) bond motifs is 1. The number of hydrogen-bond donors (Lipinski definition) is 1. The molecule has 0 saturated carbocycles. The van der Waals surface area contributed by atoms with Gasteiger partial charge in [-0.15, -0.1) is 0 Å². The topological polar surface area (TPSA) is 86.5 Å². The summed E-state index contributed by atoms with van der Waals surface area (Å²) in [6.07, 6.45) is 1.81. The first kappa shape index (κ1) is 19.3. The van der Waals surface area contributed by atoms with E-state index in [2.05, 4.69) is 15.5 Å². The lowest BCUT2D eigenvalue weighted by Crippen LogP contribution is -2.23. The number of ether oxygens (including phenoxy) is 2. The number of aromatic nitrogens is 2. The Morgan fingerprint density at radius 1 is 1.07 bits per heavy atom. The molecule has 0 radical (unpaired) electrons. The van der Waals surface area contributed by atoms with E-state index in [0.717, 1.165) is 29.0 Å². The van der Waals surface area contributed by atoms with E-state index >= 15 is 0 Å². The van der Waals surface area contributed by atoms with Crippen LogP contribution in [0.25, 0.3) is 11.4 Å². The summed E-state index contributed by atoms with van der Waals surface area (Å²) in [6.45, 7) is 1.48. The molecule has 7 nitrogen and oxygen atoms in total. The maximum atomic E-state index is 12.2. The predicted molar refractivity (Wildman–Crippen MR) is 107 cm³/mol. The number of aryl methyl sites for hydroxylation is 1. The molecule has 0 unspecified atom stereocenters. The zero-order chi connectivity index (χ0) is 20.1. The van der Waals surface area contributed by atoms with Gasteiger partial charge in [-0.1, -0.05) is 22.8 Å². The van der Waals surface area contributed by atoms with Gasteiger partial charge in [0.05, 0.1) is 19.8 Å². The van der Waals surface area contributed by atoms with Crippen LogP contribution in [0.15, 0.2) is 47.0 Å². The molecule has 0 aliphatic carbocycles. The van der Waals surface area contributed by atoms with Gasteiger partial charge < -0.3 is 19.3 Å². The Hall–Kier alpha value is -3.06. The number of halogens is 1. The lowest BCUT2D eigenvalue weighted by molar-refractivity contribution is -0.121. The first-order valence-electron chi connectivity index (χ1n) is 9.41. The number of nitrogens with zero attached hydrogens (tertiary/aromatic N) is 2. The van der Waals surface area contributed by atoms with Crippen molar-refractivity contribution in [1.29, 1.82) is 0 Å². The van der Waals surface area contributed by atoms with Crippen molar-refractivity contribution >= 4 is 17.5 Å². The zero-order valence-corrected chi connectivity index (χ0v) is 16.4. The van der Waals surface area contributed by atoms with Crippen molar-refractivity contribution in [2.75, 3.05) is 13.2 Å². The molecule has 0 saturated heterocycles. The molecule has 150 valence electrons. The molecule has 0 fully saturated rings. The van der Waals surface area contributed by atoms with Gasteiger partial charge in [0, 0.05) is 23.4 Å². The molecule has 0 bridgehead atoms. The predicted octanol–water partition coefficient (Wildman–Crippen LogP) is 3.80. The van der Waals surface area contributed by atoms with Crippen molar-refractivity contribution in [2.24, 2.45) is 0 Å². The van der Waals surface area contributed by atoms with Crippen LogP contribution in [0.1, 0.15) is 24.3 Å². The fourth-order valence-corrected chi connectivity index (χ4v) is 3.05. The van der Waals surface area contributed by atoms with E-state index in [-0.39, 0.29) is 12.5 Å². The Kier molecular flexibility index (Phi) is 5.95. The first-order chi connectivity index (χ1) is 14.2. The van der Waals surface area contributed by atoms with E-state index < -0.39 is 0 Å². The Morgan fingerprint density at radius 2 is 1.86 bits per heavy atom.